The highest BCUT2D eigenvalue weighted by atomic mass is 16.5. The SMILES string of the molecule is COc1ccc(NC(=O)NCc2cnn(C)c2N)cc1. The van der Waals surface area contributed by atoms with Crippen LogP contribution in [0.5, 0.6) is 5.75 Å². The van der Waals surface area contributed by atoms with E-state index in [1.165, 1.54) is 0 Å². The third-order valence-corrected chi connectivity index (χ3v) is 2.85. The first-order valence-corrected chi connectivity index (χ1v) is 6.05. The molecule has 0 bridgehead atoms. The van der Waals surface area contributed by atoms with E-state index in [9.17, 15) is 4.79 Å². The quantitative estimate of drug-likeness (QED) is 0.784. The van der Waals surface area contributed by atoms with E-state index in [1.807, 2.05) is 0 Å². The van der Waals surface area contributed by atoms with Crippen LogP contribution in [0.3, 0.4) is 0 Å². The van der Waals surface area contributed by atoms with Crippen LogP contribution in [0.15, 0.2) is 30.5 Å². The van der Waals surface area contributed by atoms with Gasteiger partial charge in [0.2, 0.25) is 0 Å². The largest absolute Gasteiger partial charge is 0.497 e. The lowest BCUT2D eigenvalue weighted by atomic mass is 10.3. The number of hydrogen-bond acceptors (Lipinski definition) is 4. The van der Waals surface area contributed by atoms with Crippen LogP contribution in [0.1, 0.15) is 5.56 Å². The molecule has 106 valence electrons. The zero-order valence-corrected chi connectivity index (χ0v) is 11.4. The Kier molecular flexibility index (Phi) is 4.09. The highest BCUT2D eigenvalue weighted by molar-refractivity contribution is 5.89. The maximum atomic E-state index is 11.7. The summed E-state index contributed by atoms with van der Waals surface area (Å²) in [5.74, 6) is 1.27. The van der Waals surface area contributed by atoms with Gasteiger partial charge in [-0.1, -0.05) is 0 Å². The van der Waals surface area contributed by atoms with Gasteiger partial charge in [0, 0.05) is 24.8 Å². The van der Waals surface area contributed by atoms with Gasteiger partial charge >= 0.3 is 6.03 Å². The highest BCUT2D eigenvalue weighted by Crippen LogP contribution is 2.15. The number of urea groups is 1. The number of nitrogen functional groups attached to an aromatic ring is 1. The van der Waals surface area contributed by atoms with Gasteiger partial charge in [-0.15, -0.1) is 0 Å². The second-order valence-electron chi connectivity index (χ2n) is 4.21. The standard InChI is InChI=1S/C13H17N5O2/c1-18-12(14)9(8-16-18)7-15-13(19)17-10-3-5-11(20-2)6-4-10/h3-6,8H,7,14H2,1-2H3,(H2,15,17,19). The van der Waals surface area contributed by atoms with Crippen LogP contribution >= 0.6 is 0 Å². The predicted molar refractivity (Wildman–Crippen MR) is 76.5 cm³/mol. The summed E-state index contributed by atoms with van der Waals surface area (Å²) in [6, 6.07) is 6.76. The van der Waals surface area contributed by atoms with Crippen LogP contribution in [0.25, 0.3) is 0 Å². The first kappa shape index (κ1) is 13.7. The number of carbonyl (C=O) groups is 1. The van der Waals surface area contributed by atoms with Gasteiger partial charge in [0.05, 0.1) is 13.3 Å². The second-order valence-corrected chi connectivity index (χ2v) is 4.21. The van der Waals surface area contributed by atoms with E-state index in [0.29, 0.717) is 18.1 Å². The van der Waals surface area contributed by atoms with Crippen LogP contribution < -0.4 is 21.1 Å². The number of nitrogens with two attached hydrogens (primary N) is 1. The molecule has 0 radical (unpaired) electrons. The van der Waals surface area contributed by atoms with Crippen molar-refractivity contribution in [3.05, 3.63) is 36.0 Å². The molecule has 20 heavy (non-hydrogen) atoms. The predicted octanol–water partition coefficient (Wildman–Crippen LogP) is 1.33. The number of nitrogens with zero attached hydrogens (tertiary/aromatic N) is 2. The van der Waals surface area contributed by atoms with Crippen LogP contribution in [-0.2, 0) is 13.6 Å². The van der Waals surface area contributed by atoms with Crippen LogP contribution in [0.4, 0.5) is 16.3 Å². The lowest BCUT2D eigenvalue weighted by Gasteiger charge is -2.08. The van der Waals surface area contributed by atoms with E-state index in [0.717, 1.165) is 11.3 Å². The van der Waals surface area contributed by atoms with Gasteiger partial charge in [-0.25, -0.2) is 4.79 Å². The van der Waals surface area contributed by atoms with Gasteiger partial charge in [0.15, 0.2) is 0 Å². The number of carbonyl (C=O) groups excluding carboxylic acids is 1. The molecule has 0 saturated carbocycles. The van der Waals surface area contributed by atoms with E-state index in [1.54, 1.807) is 49.3 Å². The van der Waals surface area contributed by atoms with Gasteiger partial charge in [-0.05, 0) is 24.3 Å². The smallest absolute Gasteiger partial charge is 0.319 e. The Morgan fingerprint density at radius 1 is 1.40 bits per heavy atom. The summed E-state index contributed by atoms with van der Waals surface area (Å²) in [7, 11) is 3.34. The first-order chi connectivity index (χ1) is 9.60. The molecule has 2 rings (SSSR count). The molecule has 2 aromatic rings. The van der Waals surface area contributed by atoms with Gasteiger partial charge < -0.3 is 21.1 Å². The maximum absolute atomic E-state index is 11.7. The van der Waals surface area contributed by atoms with Gasteiger partial charge in [0.1, 0.15) is 11.6 Å². The van der Waals surface area contributed by atoms with Crippen molar-refractivity contribution in [2.45, 2.75) is 6.54 Å². The molecule has 0 spiro atoms. The number of aromatic nitrogens is 2. The summed E-state index contributed by atoms with van der Waals surface area (Å²) in [6.07, 6.45) is 1.63. The molecule has 1 aromatic carbocycles. The van der Waals surface area contributed by atoms with E-state index in [2.05, 4.69) is 15.7 Å². The molecule has 0 saturated heterocycles. The van der Waals surface area contributed by atoms with E-state index >= 15 is 0 Å². The lowest BCUT2D eigenvalue weighted by molar-refractivity contribution is 0.252. The van der Waals surface area contributed by atoms with Crippen molar-refractivity contribution in [3.63, 3.8) is 0 Å². The zero-order valence-electron chi connectivity index (χ0n) is 11.4. The fourth-order valence-corrected chi connectivity index (χ4v) is 1.65. The van der Waals surface area contributed by atoms with E-state index in [-0.39, 0.29) is 6.03 Å². The Balaban J connectivity index is 1.87. The number of amides is 2. The Morgan fingerprint density at radius 2 is 2.10 bits per heavy atom. The fourth-order valence-electron chi connectivity index (χ4n) is 1.65. The van der Waals surface area contributed by atoms with Crippen molar-refractivity contribution in [1.29, 1.82) is 0 Å². The summed E-state index contributed by atoms with van der Waals surface area (Å²) in [4.78, 5) is 11.7. The number of aryl methyl sites for hydroxylation is 1. The van der Waals surface area contributed by atoms with Crippen molar-refractivity contribution >= 4 is 17.5 Å². The van der Waals surface area contributed by atoms with Crippen molar-refractivity contribution in [3.8, 4) is 5.75 Å². The minimum Gasteiger partial charge on any atom is -0.497 e. The van der Waals surface area contributed by atoms with Crippen LogP contribution in [0.2, 0.25) is 0 Å². The number of benzene rings is 1. The average Bonchev–Trinajstić information content (AvgIpc) is 2.77. The van der Waals surface area contributed by atoms with Gasteiger partial charge in [-0.2, -0.15) is 5.10 Å². The minimum atomic E-state index is -0.307. The van der Waals surface area contributed by atoms with Crippen LogP contribution in [0, 0.1) is 0 Å². The summed E-state index contributed by atoms with van der Waals surface area (Å²) >= 11 is 0. The topological polar surface area (TPSA) is 94.2 Å². The van der Waals surface area contributed by atoms with Crippen molar-refractivity contribution < 1.29 is 9.53 Å². The summed E-state index contributed by atoms with van der Waals surface area (Å²) in [6.45, 7) is 0.321. The highest BCUT2D eigenvalue weighted by Gasteiger charge is 2.07. The third kappa shape index (κ3) is 3.19. The molecule has 2 amide bonds. The average molecular weight is 275 g/mol. The molecule has 4 N–H and O–H groups in total. The zero-order chi connectivity index (χ0) is 14.5. The van der Waals surface area contributed by atoms with Crippen molar-refractivity contribution in [2.75, 3.05) is 18.2 Å². The van der Waals surface area contributed by atoms with Crippen molar-refractivity contribution in [2.24, 2.45) is 7.05 Å². The molecular weight excluding hydrogens is 258 g/mol. The molecule has 0 aliphatic heterocycles. The number of methoxy groups -OCH3 is 1. The van der Waals surface area contributed by atoms with Gasteiger partial charge in [-0.3, -0.25) is 4.68 Å². The minimum absolute atomic E-state index is 0.307. The molecule has 0 fully saturated rings. The molecule has 1 aromatic heterocycles. The lowest BCUT2D eigenvalue weighted by Crippen LogP contribution is -2.28. The first-order valence-electron chi connectivity index (χ1n) is 6.05. The number of anilines is 2. The molecule has 7 heteroatoms. The van der Waals surface area contributed by atoms with Crippen LogP contribution in [-0.4, -0.2) is 22.9 Å². The molecular formula is C13H17N5O2. The Morgan fingerprint density at radius 3 is 2.65 bits per heavy atom. The Bertz CT molecular complexity index is 591. The number of rotatable bonds is 4. The van der Waals surface area contributed by atoms with E-state index < -0.39 is 0 Å². The fraction of sp³-hybridized carbons (Fsp3) is 0.231. The van der Waals surface area contributed by atoms with Crippen molar-refractivity contribution in [1.82, 2.24) is 15.1 Å². The summed E-state index contributed by atoms with van der Waals surface area (Å²) in [5, 5.41) is 9.43. The summed E-state index contributed by atoms with van der Waals surface area (Å²) in [5.41, 5.74) is 7.25. The van der Waals surface area contributed by atoms with Gasteiger partial charge in [0.25, 0.3) is 0 Å². The third-order valence-electron chi connectivity index (χ3n) is 2.85. The normalized spacial score (nSPS) is 10.1. The monoisotopic (exact) mass is 275 g/mol. The molecule has 0 atom stereocenters. The Labute approximate surface area is 116 Å². The second kappa shape index (κ2) is 5.96. The van der Waals surface area contributed by atoms with E-state index in [4.69, 9.17) is 10.5 Å². The molecule has 0 unspecified atom stereocenters. The number of ether oxygens (including phenoxy) is 1. The molecule has 1 heterocycles. The maximum Gasteiger partial charge on any atom is 0.319 e. The number of hydrogen-bond donors (Lipinski definition) is 3. The molecule has 0 aliphatic carbocycles. The Hall–Kier alpha value is -2.70. The molecule has 7 nitrogen and oxygen atoms in total. The number of nitrogens with one attached hydrogen (secondary N) is 2. The summed E-state index contributed by atoms with van der Waals surface area (Å²) < 4.78 is 6.60. The molecule has 0 aliphatic rings.